The topological polar surface area (TPSA) is 124 Å². The molecule has 0 amide bonds. The van der Waals surface area contributed by atoms with Crippen molar-refractivity contribution in [3.8, 4) is 45.5 Å². The summed E-state index contributed by atoms with van der Waals surface area (Å²) in [5.41, 5.74) is 0.843. The Morgan fingerprint density at radius 1 is 0.652 bits per heavy atom. The van der Waals surface area contributed by atoms with Gasteiger partial charge in [-0.25, -0.2) is 14.4 Å². The van der Waals surface area contributed by atoms with Gasteiger partial charge >= 0.3 is 25.6 Å². The minimum atomic E-state index is -4.67. The molecule has 0 atom stereocenters. The number of halogens is 11. The minimum absolute atomic E-state index is 0.0364. The van der Waals surface area contributed by atoms with Crippen molar-refractivity contribution in [1.29, 1.82) is 0 Å². The monoisotopic (exact) mass is 989 g/mol. The fourth-order valence-corrected chi connectivity index (χ4v) is 6.61. The van der Waals surface area contributed by atoms with Gasteiger partial charge in [-0.1, -0.05) is 0 Å². The highest BCUT2D eigenvalue weighted by Gasteiger charge is 2.32. The van der Waals surface area contributed by atoms with Crippen molar-refractivity contribution in [1.82, 2.24) is 28.6 Å². The SMILES string of the molecule is CN(C)CCOc1ccn2c(-c3cc(F)c(C(=O)CCC(F)(F)F)c(OC(F)F)c3)cnc2c1.CNc1cc(-c2cnc3cc(OCCN(C)C)ccn23)cc(OC(F)F)c1C(=O)CCC(F)(F)F. The van der Waals surface area contributed by atoms with E-state index in [1.54, 1.807) is 41.1 Å². The number of nitrogens with zero attached hydrogens (tertiary/aromatic N) is 6. The van der Waals surface area contributed by atoms with Crippen molar-refractivity contribution < 1.29 is 76.8 Å². The van der Waals surface area contributed by atoms with E-state index < -0.39 is 85.7 Å². The standard InChI is InChI=1S/C23H25F5N4O3.C22H21F6N3O3/c1-29-16-10-14(11-19(35-22(24)25)21(16)18(33)4-6-23(26,27)28)17-13-30-20-12-15(5-7-32(17)20)34-9-8-31(2)3;1-30(2)7-8-33-14-4-6-31-16(12-29-19(31)11-14)13-9-15(23)20(18(10-13)34-21(24)25)17(32)3-5-22(26,27)28/h5,7,10-13,22,29H,4,6,8-9H2,1-3H3;4,6,9-12,21H,3,5,7-8H2,1-2H3. The number of ether oxygens (including phenoxy) is 4. The first kappa shape index (κ1) is 53.3. The zero-order chi connectivity index (χ0) is 50.8. The molecule has 0 aliphatic rings. The number of alkyl halides is 10. The lowest BCUT2D eigenvalue weighted by molar-refractivity contribution is -0.134. The van der Waals surface area contributed by atoms with Crippen LogP contribution >= 0.6 is 0 Å². The van der Waals surface area contributed by atoms with E-state index in [0.717, 1.165) is 18.7 Å². The summed E-state index contributed by atoms with van der Waals surface area (Å²) in [5, 5.41) is 2.70. The number of hydrogen-bond acceptors (Lipinski definition) is 11. The molecule has 0 saturated heterocycles. The van der Waals surface area contributed by atoms with Gasteiger partial charge in [-0.3, -0.25) is 18.4 Å². The van der Waals surface area contributed by atoms with Crippen LogP contribution in [0, 0.1) is 5.82 Å². The highest BCUT2D eigenvalue weighted by molar-refractivity contribution is 6.05. The number of fused-ring (bicyclic) bond motifs is 2. The number of Topliss-reactive ketones (excluding diaryl/α,β-unsaturated/α-hetero) is 2. The molecule has 0 unspecified atom stereocenters. The summed E-state index contributed by atoms with van der Waals surface area (Å²) in [5.74, 6) is -3.78. The summed E-state index contributed by atoms with van der Waals surface area (Å²) in [7, 11) is 9.07. The van der Waals surface area contributed by atoms with E-state index in [1.165, 1.54) is 36.0 Å². The Bertz CT molecular complexity index is 2700. The van der Waals surface area contributed by atoms with Crippen LogP contribution in [0.2, 0.25) is 0 Å². The summed E-state index contributed by atoms with van der Waals surface area (Å²) in [6, 6.07) is 11.2. The first-order chi connectivity index (χ1) is 32.4. The summed E-state index contributed by atoms with van der Waals surface area (Å²) < 4.78 is 166. The third-order valence-corrected chi connectivity index (χ3v) is 9.86. The van der Waals surface area contributed by atoms with E-state index in [0.29, 0.717) is 53.8 Å². The number of nitrogens with one attached hydrogen (secondary N) is 1. The molecule has 6 aromatic rings. The number of carbonyl (C=O) groups excluding carboxylic acids is 2. The van der Waals surface area contributed by atoms with Crippen LogP contribution in [0.15, 0.2) is 73.3 Å². The second-order valence-electron chi connectivity index (χ2n) is 15.6. The van der Waals surface area contributed by atoms with Crippen LogP contribution in [0.4, 0.5) is 54.0 Å². The van der Waals surface area contributed by atoms with Crippen LogP contribution in [-0.2, 0) is 0 Å². The Morgan fingerprint density at radius 3 is 1.48 bits per heavy atom. The molecular weight excluding hydrogens is 944 g/mol. The minimum Gasteiger partial charge on any atom is -0.492 e. The van der Waals surface area contributed by atoms with Crippen molar-refractivity contribution in [2.45, 2.75) is 51.3 Å². The van der Waals surface area contributed by atoms with E-state index in [-0.39, 0.29) is 22.5 Å². The highest BCUT2D eigenvalue weighted by atomic mass is 19.4. The number of pyridine rings is 2. The summed E-state index contributed by atoms with van der Waals surface area (Å²) in [6.07, 6.45) is -8.00. The quantitative estimate of drug-likeness (QED) is 0.0548. The molecule has 4 heterocycles. The third-order valence-electron chi connectivity index (χ3n) is 9.86. The molecule has 0 radical (unpaired) electrons. The van der Waals surface area contributed by atoms with Crippen LogP contribution in [0.25, 0.3) is 33.8 Å². The molecule has 0 spiro atoms. The largest absolute Gasteiger partial charge is 0.492 e. The fourth-order valence-electron chi connectivity index (χ4n) is 6.61. The lowest BCUT2D eigenvalue weighted by Crippen LogP contribution is -2.19. The summed E-state index contributed by atoms with van der Waals surface area (Å²) in [4.78, 5) is 37.2. The Kier molecular flexibility index (Phi) is 17.8. The molecule has 0 bridgehead atoms. The van der Waals surface area contributed by atoms with Crippen LogP contribution in [0.5, 0.6) is 23.0 Å². The molecule has 24 heteroatoms. The lowest BCUT2D eigenvalue weighted by Gasteiger charge is -2.17. The van der Waals surface area contributed by atoms with E-state index in [9.17, 15) is 57.9 Å². The summed E-state index contributed by atoms with van der Waals surface area (Å²) >= 11 is 0. The van der Waals surface area contributed by atoms with Crippen LogP contribution in [0.3, 0.4) is 0 Å². The van der Waals surface area contributed by atoms with Crippen molar-refractivity contribution >= 4 is 28.5 Å². The zero-order valence-corrected chi connectivity index (χ0v) is 37.5. The van der Waals surface area contributed by atoms with Gasteiger partial charge in [0.1, 0.15) is 53.3 Å². The lowest BCUT2D eigenvalue weighted by atomic mass is 9.99. The Morgan fingerprint density at radius 2 is 1.07 bits per heavy atom. The van der Waals surface area contributed by atoms with E-state index in [2.05, 4.69) is 24.8 Å². The Balaban J connectivity index is 0.000000258. The van der Waals surface area contributed by atoms with E-state index in [4.69, 9.17) is 9.47 Å². The number of benzene rings is 2. The van der Waals surface area contributed by atoms with Crippen LogP contribution in [0.1, 0.15) is 46.4 Å². The Hall–Kier alpha value is -6.69. The molecule has 2 aromatic carbocycles. The highest BCUT2D eigenvalue weighted by Crippen LogP contribution is 2.38. The summed E-state index contributed by atoms with van der Waals surface area (Å²) in [6.45, 7) is -4.40. The molecule has 0 aliphatic carbocycles. The predicted octanol–water partition coefficient (Wildman–Crippen LogP) is 10.3. The molecule has 0 aliphatic heterocycles. The molecular formula is C45H46F11N7O6. The predicted molar refractivity (Wildman–Crippen MR) is 231 cm³/mol. The van der Waals surface area contributed by atoms with Crippen molar-refractivity contribution in [3.05, 3.63) is 90.3 Å². The molecule has 1 N–H and O–H groups in total. The number of rotatable bonds is 21. The fraction of sp³-hybridized carbons (Fsp3) is 0.378. The van der Waals surface area contributed by atoms with Crippen LogP contribution in [-0.4, -0.2) is 127 Å². The number of carbonyl (C=O) groups is 2. The number of hydrogen-bond donors (Lipinski definition) is 1. The molecule has 0 saturated carbocycles. The van der Waals surface area contributed by atoms with Gasteiger partial charge in [0.2, 0.25) is 0 Å². The van der Waals surface area contributed by atoms with E-state index in [1.807, 2.05) is 38.0 Å². The van der Waals surface area contributed by atoms with Gasteiger partial charge in [0, 0.05) is 74.3 Å². The maximum absolute atomic E-state index is 14.8. The van der Waals surface area contributed by atoms with E-state index >= 15 is 0 Å². The smallest absolute Gasteiger partial charge is 0.389 e. The molecule has 13 nitrogen and oxygen atoms in total. The van der Waals surface area contributed by atoms with Gasteiger partial charge in [-0.2, -0.15) is 43.9 Å². The van der Waals surface area contributed by atoms with Crippen LogP contribution < -0.4 is 24.3 Å². The maximum Gasteiger partial charge on any atom is 0.389 e. The van der Waals surface area contributed by atoms with Gasteiger partial charge in [0.15, 0.2) is 11.6 Å². The average molecular weight is 990 g/mol. The first-order valence-corrected chi connectivity index (χ1v) is 20.7. The average Bonchev–Trinajstić information content (AvgIpc) is 3.87. The Labute approximate surface area is 387 Å². The zero-order valence-electron chi connectivity index (χ0n) is 37.5. The second kappa shape index (κ2) is 23.1. The van der Waals surface area contributed by atoms with Gasteiger partial charge in [0.05, 0.1) is 47.8 Å². The van der Waals surface area contributed by atoms with Crippen molar-refractivity contribution in [2.75, 3.05) is 66.9 Å². The first-order valence-electron chi connectivity index (χ1n) is 20.7. The van der Waals surface area contributed by atoms with Gasteiger partial charge < -0.3 is 34.1 Å². The third kappa shape index (κ3) is 15.2. The molecule has 0 fully saturated rings. The molecule has 4 aromatic heterocycles. The normalized spacial score (nSPS) is 12.0. The molecule has 374 valence electrons. The second-order valence-corrected chi connectivity index (χ2v) is 15.6. The maximum atomic E-state index is 14.8. The molecule has 69 heavy (non-hydrogen) atoms. The van der Waals surface area contributed by atoms with Gasteiger partial charge in [-0.15, -0.1) is 0 Å². The number of imidazole rings is 2. The number of ketones is 2. The molecule has 6 rings (SSSR count). The van der Waals surface area contributed by atoms with Gasteiger partial charge in [0.25, 0.3) is 0 Å². The number of anilines is 1. The van der Waals surface area contributed by atoms with Crippen molar-refractivity contribution in [2.24, 2.45) is 0 Å². The van der Waals surface area contributed by atoms with Gasteiger partial charge in [-0.05, 0) is 64.6 Å². The van der Waals surface area contributed by atoms with Crippen molar-refractivity contribution in [3.63, 3.8) is 0 Å². The number of likely N-dealkylation sites (N-methyl/N-ethyl adjacent to an activating group) is 2. The number of aromatic nitrogens is 4.